The van der Waals surface area contributed by atoms with Gasteiger partial charge in [0, 0.05) is 5.02 Å². The van der Waals surface area contributed by atoms with Crippen molar-refractivity contribution in [2.45, 2.75) is 6.61 Å². The van der Waals surface area contributed by atoms with Crippen LogP contribution in [0.4, 0.5) is 10.1 Å². The molecule has 0 spiro atoms. The minimum absolute atomic E-state index is 0.0918. The van der Waals surface area contributed by atoms with Crippen LogP contribution in [0.2, 0.25) is 5.02 Å². The minimum atomic E-state index is -0.698. The number of aliphatic hydroxyl groups is 1. The summed E-state index contributed by atoms with van der Waals surface area (Å²) in [4.78, 5) is 23.4. The van der Waals surface area contributed by atoms with Crippen molar-refractivity contribution in [2.75, 3.05) is 11.9 Å². The molecule has 2 N–H and O–H groups in total. The molecule has 2 rings (SSSR count). The lowest BCUT2D eigenvalue weighted by atomic mass is 10.1. The highest BCUT2D eigenvalue weighted by molar-refractivity contribution is 6.30. The fraction of sp³-hybridized carbons (Fsp3) is 0.125. The Bertz CT molecular complexity index is 719. The van der Waals surface area contributed by atoms with Crippen molar-refractivity contribution in [3.63, 3.8) is 0 Å². The third-order valence-electron chi connectivity index (χ3n) is 2.91. The normalized spacial score (nSPS) is 10.2. The van der Waals surface area contributed by atoms with Gasteiger partial charge in [-0.2, -0.15) is 0 Å². The molecule has 5 nitrogen and oxygen atoms in total. The van der Waals surface area contributed by atoms with Gasteiger partial charge in [-0.3, -0.25) is 4.79 Å². The first-order valence-corrected chi connectivity index (χ1v) is 6.99. The second-order valence-electron chi connectivity index (χ2n) is 4.60. The number of halogens is 2. The Morgan fingerprint density at radius 3 is 2.52 bits per heavy atom. The molecule has 7 heteroatoms. The molecule has 0 radical (unpaired) electrons. The number of amides is 1. The number of benzene rings is 2. The van der Waals surface area contributed by atoms with Gasteiger partial charge in [0.25, 0.3) is 5.91 Å². The van der Waals surface area contributed by atoms with Crippen molar-refractivity contribution in [3.05, 3.63) is 64.4 Å². The second-order valence-corrected chi connectivity index (χ2v) is 5.04. The number of rotatable bonds is 5. The van der Waals surface area contributed by atoms with Crippen LogP contribution in [0, 0.1) is 5.82 Å². The molecule has 2 aromatic carbocycles. The van der Waals surface area contributed by atoms with Crippen molar-refractivity contribution in [3.8, 4) is 0 Å². The van der Waals surface area contributed by atoms with Crippen molar-refractivity contribution in [2.24, 2.45) is 0 Å². The summed E-state index contributed by atoms with van der Waals surface area (Å²) in [5, 5.41) is 11.4. The third-order valence-corrected chi connectivity index (χ3v) is 3.14. The molecular weight excluding hydrogens is 325 g/mol. The van der Waals surface area contributed by atoms with Crippen molar-refractivity contribution >= 4 is 29.2 Å². The Hall–Kier alpha value is -2.44. The Morgan fingerprint density at radius 1 is 1.17 bits per heavy atom. The molecule has 0 aromatic heterocycles. The molecule has 0 fully saturated rings. The third kappa shape index (κ3) is 4.77. The number of hydrogen-bond donors (Lipinski definition) is 2. The summed E-state index contributed by atoms with van der Waals surface area (Å²) in [7, 11) is 0. The van der Waals surface area contributed by atoms with Crippen molar-refractivity contribution in [1.82, 2.24) is 0 Å². The van der Waals surface area contributed by atoms with E-state index >= 15 is 0 Å². The van der Waals surface area contributed by atoms with Crippen LogP contribution in [0.5, 0.6) is 0 Å². The first kappa shape index (κ1) is 16.9. The van der Waals surface area contributed by atoms with E-state index in [0.717, 1.165) is 6.07 Å². The van der Waals surface area contributed by atoms with Gasteiger partial charge in [-0.1, -0.05) is 23.7 Å². The highest BCUT2D eigenvalue weighted by Crippen LogP contribution is 2.19. The molecule has 1 amide bonds. The Kier molecular flexibility index (Phi) is 5.67. The lowest BCUT2D eigenvalue weighted by Gasteiger charge is -2.08. The maximum absolute atomic E-state index is 13.5. The summed E-state index contributed by atoms with van der Waals surface area (Å²) in [5.74, 6) is -2.03. The minimum Gasteiger partial charge on any atom is -0.452 e. The van der Waals surface area contributed by atoms with Crippen molar-refractivity contribution in [1.29, 1.82) is 0 Å². The largest absolute Gasteiger partial charge is 0.452 e. The van der Waals surface area contributed by atoms with E-state index in [-0.39, 0.29) is 22.9 Å². The molecule has 0 aliphatic rings. The van der Waals surface area contributed by atoms with E-state index in [1.165, 1.54) is 24.3 Å². The standard InChI is InChI=1S/C16H13ClFNO4/c17-12-5-6-13(18)14(7-12)19-15(21)9-23-16(22)11-3-1-10(8-20)2-4-11/h1-7,20H,8-9H2,(H,19,21). The second kappa shape index (κ2) is 7.71. The smallest absolute Gasteiger partial charge is 0.338 e. The summed E-state index contributed by atoms with van der Waals surface area (Å²) in [5.41, 5.74) is 0.797. The SMILES string of the molecule is O=C(COC(=O)c1ccc(CO)cc1)Nc1cc(Cl)ccc1F. The summed E-state index contributed by atoms with van der Waals surface area (Å²) in [6.07, 6.45) is 0. The number of esters is 1. The molecule has 0 unspecified atom stereocenters. The predicted molar refractivity (Wildman–Crippen MR) is 82.7 cm³/mol. The van der Waals surface area contributed by atoms with E-state index < -0.39 is 24.3 Å². The zero-order valence-corrected chi connectivity index (χ0v) is 12.6. The van der Waals surface area contributed by atoms with Gasteiger partial charge in [0.15, 0.2) is 6.61 Å². The number of carbonyl (C=O) groups excluding carboxylic acids is 2. The first-order valence-electron chi connectivity index (χ1n) is 6.61. The number of nitrogens with one attached hydrogen (secondary N) is 1. The molecule has 120 valence electrons. The average molecular weight is 338 g/mol. The van der Waals surface area contributed by atoms with Gasteiger partial charge in [0.2, 0.25) is 0 Å². The molecule has 0 saturated carbocycles. The molecule has 23 heavy (non-hydrogen) atoms. The van der Waals surface area contributed by atoms with E-state index in [2.05, 4.69) is 5.32 Å². The summed E-state index contributed by atoms with van der Waals surface area (Å²) < 4.78 is 18.3. The molecule has 0 aliphatic carbocycles. The van der Waals surface area contributed by atoms with Gasteiger partial charge in [-0.25, -0.2) is 9.18 Å². The quantitative estimate of drug-likeness (QED) is 0.823. The average Bonchev–Trinajstić information content (AvgIpc) is 2.56. The lowest BCUT2D eigenvalue weighted by Crippen LogP contribution is -2.21. The van der Waals surface area contributed by atoms with Crippen LogP contribution < -0.4 is 5.32 Å². The number of aliphatic hydroxyl groups excluding tert-OH is 1. The molecule has 0 aliphatic heterocycles. The molecule has 0 saturated heterocycles. The number of anilines is 1. The zero-order valence-electron chi connectivity index (χ0n) is 11.9. The zero-order chi connectivity index (χ0) is 16.8. The van der Waals surface area contributed by atoms with Crippen LogP contribution >= 0.6 is 11.6 Å². The van der Waals surface area contributed by atoms with Gasteiger partial charge in [-0.15, -0.1) is 0 Å². The van der Waals surface area contributed by atoms with Gasteiger partial charge in [-0.05, 0) is 35.9 Å². The van der Waals surface area contributed by atoms with Crippen LogP contribution in [-0.2, 0) is 16.1 Å². The summed E-state index contributed by atoms with van der Waals surface area (Å²) in [6.45, 7) is -0.699. The Balaban J connectivity index is 1.90. The van der Waals surface area contributed by atoms with E-state index in [4.69, 9.17) is 21.4 Å². The van der Waals surface area contributed by atoms with Gasteiger partial charge in [0.1, 0.15) is 5.82 Å². The number of carbonyl (C=O) groups is 2. The first-order chi connectivity index (χ1) is 11.0. The van der Waals surface area contributed by atoms with E-state index in [1.54, 1.807) is 12.1 Å². The topological polar surface area (TPSA) is 75.6 Å². The van der Waals surface area contributed by atoms with Crippen LogP contribution in [0.1, 0.15) is 15.9 Å². The van der Waals surface area contributed by atoms with E-state index in [1.807, 2.05) is 0 Å². The maximum Gasteiger partial charge on any atom is 0.338 e. The van der Waals surface area contributed by atoms with E-state index in [9.17, 15) is 14.0 Å². The van der Waals surface area contributed by atoms with Crippen molar-refractivity contribution < 1.29 is 23.8 Å². The van der Waals surface area contributed by atoms with Gasteiger partial charge in [0.05, 0.1) is 17.9 Å². The maximum atomic E-state index is 13.5. The Morgan fingerprint density at radius 2 is 1.87 bits per heavy atom. The summed E-state index contributed by atoms with van der Waals surface area (Å²) in [6, 6.07) is 9.81. The highest BCUT2D eigenvalue weighted by Gasteiger charge is 2.12. The van der Waals surface area contributed by atoms with Gasteiger partial charge < -0.3 is 15.2 Å². The lowest BCUT2D eigenvalue weighted by molar-refractivity contribution is -0.119. The number of ether oxygens (including phenoxy) is 1. The fourth-order valence-electron chi connectivity index (χ4n) is 1.74. The molecular formula is C16H13ClFNO4. The molecule has 0 heterocycles. The number of hydrogen-bond acceptors (Lipinski definition) is 4. The predicted octanol–water partition coefficient (Wildman–Crippen LogP) is 2.77. The monoisotopic (exact) mass is 337 g/mol. The van der Waals surface area contributed by atoms with Crippen LogP contribution in [-0.4, -0.2) is 23.6 Å². The highest BCUT2D eigenvalue weighted by atomic mass is 35.5. The molecule has 0 bridgehead atoms. The fourth-order valence-corrected chi connectivity index (χ4v) is 1.91. The van der Waals surface area contributed by atoms with E-state index in [0.29, 0.717) is 5.56 Å². The Labute approximate surface area is 136 Å². The van der Waals surface area contributed by atoms with Crippen LogP contribution in [0.15, 0.2) is 42.5 Å². The summed E-state index contributed by atoms with van der Waals surface area (Å²) >= 11 is 5.71. The van der Waals surface area contributed by atoms with Gasteiger partial charge >= 0.3 is 5.97 Å². The molecule has 2 aromatic rings. The molecule has 0 atom stereocenters. The van der Waals surface area contributed by atoms with Crippen LogP contribution in [0.3, 0.4) is 0 Å². The van der Waals surface area contributed by atoms with Crippen LogP contribution in [0.25, 0.3) is 0 Å².